The van der Waals surface area contributed by atoms with E-state index in [1.54, 1.807) is 13.0 Å². The maximum Gasteiger partial charge on any atom is 0.246 e. The van der Waals surface area contributed by atoms with Crippen molar-refractivity contribution in [2.45, 2.75) is 43.7 Å². The molecule has 4 nitrogen and oxygen atoms in total. The zero-order chi connectivity index (χ0) is 14.2. The van der Waals surface area contributed by atoms with E-state index in [4.69, 9.17) is 5.73 Å². The van der Waals surface area contributed by atoms with Crippen LogP contribution in [0.15, 0.2) is 23.1 Å². The molecule has 106 valence electrons. The van der Waals surface area contributed by atoms with Crippen molar-refractivity contribution in [1.29, 1.82) is 0 Å². The topological polar surface area (TPSA) is 63.4 Å². The van der Waals surface area contributed by atoms with Crippen LogP contribution in [0.1, 0.15) is 25.3 Å². The third-order valence-corrected chi connectivity index (χ3v) is 5.56. The summed E-state index contributed by atoms with van der Waals surface area (Å²) in [7, 11) is -3.79. The van der Waals surface area contributed by atoms with Gasteiger partial charge in [-0.1, -0.05) is 6.07 Å². The molecule has 0 saturated carbocycles. The van der Waals surface area contributed by atoms with Gasteiger partial charge >= 0.3 is 0 Å². The number of piperidine rings is 1. The molecule has 0 unspecified atom stereocenters. The van der Waals surface area contributed by atoms with Crippen molar-refractivity contribution in [2.75, 3.05) is 6.54 Å². The molecule has 1 saturated heterocycles. The summed E-state index contributed by atoms with van der Waals surface area (Å²) in [6.45, 7) is 3.90. The summed E-state index contributed by atoms with van der Waals surface area (Å²) in [5, 5.41) is 0. The lowest BCUT2D eigenvalue weighted by atomic mass is 10.0. The second-order valence-electron chi connectivity index (χ2n) is 5.18. The number of nitrogens with zero attached hydrogens (tertiary/aromatic N) is 1. The summed E-state index contributed by atoms with van der Waals surface area (Å²) in [6, 6.07) is 3.95. The van der Waals surface area contributed by atoms with Gasteiger partial charge in [0, 0.05) is 18.6 Å². The van der Waals surface area contributed by atoms with E-state index in [2.05, 4.69) is 0 Å². The van der Waals surface area contributed by atoms with Crippen LogP contribution in [0.4, 0.5) is 4.39 Å². The molecule has 1 heterocycles. The van der Waals surface area contributed by atoms with Crippen LogP contribution >= 0.6 is 0 Å². The Hall–Kier alpha value is -0.980. The maximum absolute atomic E-state index is 13.8. The van der Waals surface area contributed by atoms with Crippen LogP contribution in [-0.4, -0.2) is 31.4 Å². The van der Waals surface area contributed by atoms with Crippen LogP contribution < -0.4 is 5.73 Å². The van der Waals surface area contributed by atoms with E-state index >= 15 is 0 Å². The molecule has 1 fully saturated rings. The lowest BCUT2D eigenvalue weighted by Crippen LogP contribution is -2.48. The Labute approximate surface area is 113 Å². The van der Waals surface area contributed by atoms with Crippen LogP contribution in [-0.2, 0) is 10.0 Å². The highest BCUT2D eigenvalue weighted by atomic mass is 32.2. The van der Waals surface area contributed by atoms with Gasteiger partial charge in [0.15, 0.2) is 0 Å². The number of hydrogen-bond acceptors (Lipinski definition) is 3. The monoisotopic (exact) mass is 286 g/mol. The minimum absolute atomic E-state index is 0.0174. The highest BCUT2D eigenvalue weighted by Gasteiger charge is 2.34. The van der Waals surface area contributed by atoms with E-state index in [0.717, 1.165) is 5.56 Å². The van der Waals surface area contributed by atoms with Crippen molar-refractivity contribution in [2.24, 2.45) is 5.73 Å². The lowest BCUT2D eigenvalue weighted by molar-refractivity contribution is 0.246. The van der Waals surface area contributed by atoms with E-state index in [1.165, 1.54) is 16.4 Å². The largest absolute Gasteiger partial charge is 0.328 e. The Bertz CT molecular complexity index is 574. The summed E-state index contributed by atoms with van der Waals surface area (Å²) in [5.41, 5.74) is 6.55. The van der Waals surface area contributed by atoms with Crippen LogP contribution in [0.25, 0.3) is 0 Å². The summed E-state index contributed by atoms with van der Waals surface area (Å²) in [6.07, 6.45) is 1.21. The first-order chi connectivity index (χ1) is 8.82. The van der Waals surface area contributed by atoms with Crippen molar-refractivity contribution in [3.8, 4) is 0 Å². The molecule has 1 aliphatic heterocycles. The first-order valence-electron chi connectivity index (χ1n) is 6.36. The summed E-state index contributed by atoms with van der Waals surface area (Å²) < 4.78 is 40.2. The van der Waals surface area contributed by atoms with Crippen molar-refractivity contribution < 1.29 is 12.8 Å². The zero-order valence-corrected chi connectivity index (χ0v) is 12.0. The first kappa shape index (κ1) is 14.4. The second kappa shape index (κ2) is 5.19. The molecule has 1 aliphatic rings. The molecule has 0 aliphatic carbocycles. The van der Waals surface area contributed by atoms with Crippen LogP contribution in [0.2, 0.25) is 0 Å². The van der Waals surface area contributed by atoms with Gasteiger partial charge < -0.3 is 5.73 Å². The average molecular weight is 286 g/mol. The van der Waals surface area contributed by atoms with Gasteiger partial charge in [0.1, 0.15) is 10.7 Å². The molecular weight excluding hydrogens is 267 g/mol. The zero-order valence-electron chi connectivity index (χ0n) is 11.1. The number of benzene rings is 1. The molecule has 19 heavy (non-hydrogen) atoms. The highest BCUT2D eigenvalue weighted by molar-refractivity contribution is 7.89. The van der Waals surface area contributed by atoms with E-state index < -0.39 is 15.8 Å². The minimum atomic E-state index is -3.79. The smallest absolute Gasteiger partial charge is 0.246 e. The van der Waals surface area contributed by atoms with Crippen LogP contribution in [0, 0.1) is 12.7 Å². The summed E-state index contributed by atoms with van der Waals surface area (Å²) >= 11 is 0. The van der Waals surface area contributed by atoms with Crippen molar-refractivity contribution >= 4 is 10.0 Å². The standard InChI is InChI=1S/C13H19FN2O2S/c1-9-3-4-12(14)13(7-9)19(17,18)16-6-5-11(15)8-10(16)2/h3-4,7,10-11H,5-6,8,15H2,1-2H3/t10-,11+/m0/s1. The van der Waals surface area contributed by atoms with Crippen LogP contribution in [0.5, 0.6) is 0 Å². The number of halogens is 1. The Morgan fingerprint density at radius 1 is 1.42 bits per heavy atom. The van der Waals surface area contributed by atoms with Gasteiger partial charge in [-0.2, -0.15) is 4.31 Å². The Kier molecular flexibility index (Phi) is 3.94. The molecule has 0 radical (unpaired) electrons. The minimum Gasteiger partial charge on any atom is -0.328 e. The van der Waals surface area contributed by atoms with E-state index in [9.17, 15) is 12.8 Å². The number of hydrogen-bond donors (Lipinski definition) is 1. The molecule has 0 aromatic heterocycles. The molecule has 2 N–H and O–H groups in total. The van der Waals surface area contributed by atoms with Crippen LogP contribution in [0.3, 0.4) is 0 Å². The van der Waals surface area contributed by atoms with Gasteiger partial charge in [0.25, 0.3) is 0 Å². The predicted molar refractivity (Wildman–Crippen MR) is 71.7 cm³/mol. The number of rotatable bonds is 2. The molecule has 1 aromatic rings. The highest BCUT2D eigenvalue weighted by Crippen LogP contribution is 2.26. The fourth-order valence-corrected chi connectivity index (χ4v) is 4.29. The SMILES string of the molecule is Cc1ccc(F)c(S(=O)(=O)N2CC[C@@H](N)C[C@@H]2C)c1. The first-order valence-corrected chi connectivity index (χ1v) is 7.80. The predicted octanol–water partition coefficient (Wildman–Crippen LogP) is 1.63. The summed E-state index contributed by atoms with van der Waals surface area (Å²) in [5.74, 6) is -0.701. The normalized spacial score (nSPS) is 25.5. The molecule has 6 heteroatoms. The van der Waals surface area contributed by atoms with E-state index in [1.807, 2.05) is 6.92 Å². The maximum atomic E-state index is 13.8. The van der Waals surface area contributed by atoms with Crippen molar-refractivity contribution in [3.05, 3.63) is 29.6 Å². The second-order valence-corrected chi connectivity index (χ2v) is 7.04. The molecule has 2 rings (SSSR count). The van der Waals surface area contributed by atoms with Gasteiger partial charge in [-0.05, 0) is 44.4 Å². The van der Waals surface area contributed by atoms with Gasteiger partial charge in [-0.3, -0.25) is 0 Å². The summed E-state index contributed by atoms with van der Waals surface area (Å²) in [4.78, 5) is -0.241. The molecule has 0 spiro atoms. The third-order valence-electron chi connectivity index (χ3n) is 3.53. The lowest BCUT2D eigenvalue weighted by Gasteiger charge is -2.35. The average Bonchev–Trinajstić information content (AvgIpc) is 2.31. The quantitative estimate of drug-likeness (QED) is 0.899. The molecular formula is C13H19FN2O2S. The Morgan fingerprint density at radius 2 is 2.11 bits per heavy atom. The van der Waals surface area contributed by atoms with Gasteiger partial charge in [-0.15, -0.1) is 0 Å². The third kappa shape index (κ3) is 2.80. The van der Waals surface area contributed by atoms with Gasteiger partial charge in [0.05, 0.1) is 0 Å². The number of sulfonamides is 1. The molecule has 0 amide bonds. The van der Waals surface area contributed by atoms with E-state index in [0.29, 0.717) is 19.4 Å². The molecule has 1 aromatic carbocycles. The van der Waals surface area contributed by atoms with Gasteiger partial charge in [0.2, 0.25) is 10.0 Å². The van der Waals surface area contributed by atoms with Crippen molar-refractivity contribution in [1.82, 2.24) is 4.31 Å². The Morgan fingerprint density at radius 3 is 2.74 bits per heavy atom. The fourth-order valence-electron chi connectivity index (χ4n) is 2.48. The molecule has 0 bridgehead atoms. The fraction of sp³-hybridized carbons (Fsp3) is 0.538. The van der Waals surface area contributed by atoms with Gasteiger partial charge in [-0.25, -0.2) is 12.8 Å². The Balaban J connectivity index is 2.39. The number of aryl methyl sites for hydroxylation is 1. The van der Waals surface area contributed by atoms with E-state index in [-0.39, 0.29) is 17.0 Å². The van der Waals surface area contributed by atoms with Crippen molar-refractivity contribution in [3.63, 3.8) is 0 Å². The number of nitrogens with two attached hydrogens (primary N) is 1. The molecule has 2 atom stereocenters.